The second kappa shape index (κ2) is 4.82. The van der Waals surface area contributed by atoms with Gasteiger partial charge in [-0.25, -0.2) is 4.39 Å². The fourth-order valence-electron chi connectivity index (χ4n) is 2.57. The van der Waals surface area contributed by atoms with E-state index >= 15 is 0 Å². The topological polar surface area (TPSA) is 21.3 Å². The van der Waals surface area contributed by atoms with E-state index in [4.69, 9.17) is 4.74 Å². The first-order chi connectivity index (χ1) is 9.53. The van der Waals surface area contributed by atoms with Crippen LogP contribution in [0, 0.1) is 5.82 Å². The van der Waals surface area contributed by atoms with E-state index in [9.17, 15) is 4.39 Å². The van der Waals surface area contributed by atoms with Gasteiger partial charge in [-0.05, 0) is 43.2 Å². The highest BCUT2D eigenvalue weighted by Gasteiger charge is 2.29. The fourth-order valence-corrected chi connectivity index (χ4v) is 2.57. The average Bonchev–Trinajstić information content (AvgIpc) is 2.71. The first-order valence-electron chi connectivity index (χ1n) is 6.83. The molecular weight excluding hydrogens is 253 g/mol. The van der Waals surface area contributed by atoms with Gasteiger partial charge in [0.1, 0.15) is 17.2 Å². The third-order valence-corrected chi connectivity index (χ3v) is 3.48. The molecule has 0 amide bonds. The zero-order valence-electron chi connectivity index (χ0n) is 11.7. The molecule has 1 aliphatic heterocycles. The number of anilines is 1. The predicted octanol–water partition coefficient (Wildman–Crippen LogP) is 4.15. The Hall–Kier alpha value is -2.03. The zero-order chi connectivity index (χ0) is 14.2. The summed E-state index contributed by atoms with van der Waals surface area (Å²) in [5.41, 5.74) is 2.76. The van der Waals surface area contributed by atoms with Crippen molar-refractivity contribution in [1.82, 2.24) is 0 Å². The number of ether oxygens (including phenoxy) is 1. The molecule has 0 aromatic heterocycles. The molecule has 0 fully saturated rings. The van der Waals surface area contributed by atoms with E-state index in [0.29, 0.717) is 12.2 Å². The molecule has 0 spiro atoms. The van der Waals surface area contributed by atoms with Gasteiger partial charge in [0, 0.05) is 13.0 Å². The molecule has 0 bridgehead atoms. The van der Waals surface area contributed by atoms with E-state index in [-0.39, 0.29) is 11.4 Å². The molecule has 104 valence electrons. The van der Waals surface area contributed by atoms with Crippen molar-refractivity contribution in [3.8, 4) is 5.75 Å². The van der Waals surface area contributed by atoms with E-state index in [1.165, 1.54) is 11.6 Å². The Balaban J connectivity index is 1.73. The van der Waals surface area contributed by atoms with Crippen LogP contribution in [0.15, 0.2) is 42.5 Å². The van der Waals surface area contributed by atoms with Crippen LogP contribution in [0.5, 0.6) is 5.75 Å². The number of hydrogen-bond acceptors (Lipinski definition) is 2. The molecule has 0 unspecified atom stereocenters. The summed E-state index contributed by atoms with van der Waals surface area (Å²) in [6.45, 7) is 4.78. The molecular formula is C17H18FNO. The molecule has 2 aromatic carbocycles. The van der Waals surface area contributed by atoms with Crippen molar-refractivity contribution in [1.29, 1.82) is 0 Å². The molecule has 0 saturated carbocycles. The lowest BCUT2D eigenvalue weighted by molar-refractivity contribution is 0.138. The molecule has 2 aromatic rings. The van der Waals surface area contributed by atoms with Crippen molar-refractivity contribution in [3.05, 3.63) is 59.4 Å². The molecule has 1 N–H and O–H groups in total. The number of halogens is 1. The summed E-state index contributed by atoms with van der Waals surface area (Å²) >= 11 is 0. The molecule has 3 rings (SSSR count). The monoisotopic (exact) mass is 271 g/mol. The first kappa shape index (κ1) is 13.0. The van der Waals surface area contributed by atoms with Gasteiger partial charge in [-0.15, -0.1) is 0 Å². The number of nitrogens with one attached hydrogen (secondary N) is 1. The minimum Gasteiger partial charge on any atom is -0.487 e. The van der Waals surface area contributed by atoms with Crippen LogP contribution in [0.25, 0.3) is 0 Å². The van der Waals surface area contributed by atoms with Crippen LogP contribution in [0.1, 0.15) is 25.0 Å². The van der Waals surface area contributed by atoms with E-state index in [0.717, 1.165) is 17.7 Å². The van der Waals surface area contributed by atoms with E-state index < -0.39 is 0 Å². The Morgan fingerprint density at radius 3 is 2.80 bits per heavy atom. The van der Waals surface area contributed by atoms with E-state index in [1.54, 1.807) is 12.1 Å². The summed E-state index contributed by atoms with van der Waals surface area (Å²) < 4.78 is 19.4. The van der Waals surface area contributed by atoms with Gasteiger partial charge >= 0.3 is 0 Å². The summed E-state index contributed by atoms with van der Waals surface area (Å²) in [6, 6.07) is 12.9. The van der Waals surface area contributed by atoms with E-state index in [1.807, 2.05) is 18.2 Å². The molecule has 2 nitrogen and oxygen atoms in total. The normalized spacial score (nSPS) is 15.6. The van der Waals surface area contributed by atoms with Gasteiger partial charge in [-0.2, -0.15) is 0 Å². The summed E-state index contributed by atoms with van der Waals surface area (Å²) in [5, 5.41) is 3.13. The Kier molecular flexibility index (Phi) is 3.13. The number of hydrogen-bond donors (Lipinski definition) is 1. The smallest absolute Gasteiger partial charge is 0.146 e. The molecule has 0 atom stereocenters. The van der Waals surface area contributed by atoms with Gasteiger partial charge in [0.05, 0.1) is 5.69 Å². The maximum absolute atomic E-state index is 13.5. The molecule has 3 heteroatoms. The van der Waals surface area contributed by atoms with Gasteiger partial charge in [0.25, 0.3) is 0 Å². The maximum atomic E-state index is 13.5. The van der Waals surface area contributed by atoms with Crippen LogP contribution >= 0.6 is 0 Å². The Morgan fingerprint density at radius 1 is 1.20 bits per heavy atom. The fraction of sp³-hybridized carbons (Fsp3) is 0.294. The SMILES string of the molecule is CC1(C)Cc2cc(CNc3ccccc3F)ccc2O1. The third-order valence-electron chi connectivity index (χ3n) is 3.48. The van der Waals surface area contributed by atoms with Gasteiger partial charge in [0.2, 0.25) is 0 Å². The highest BCUT2D eigenvalue weighted by Crippen LogP contribution is 2.35. The largest absolute Gasteiger partial charge is 0.487 e. The highest BCUT2D eigenvalue weighted by molar-refractivity contribution is 5.47. The van der Waals surface area contributed by atoms with E-state index in [2.05, 4.69) is 25.2 Å². The van der Waals surface area contributed by atoms with Crippen molar-refractivity contribution in [2.24, 2.45) is 0 Å². The summed E-state index contributed by atoms with van der Waals surface area (Å²) in [5.74, 6) is 0.739. The van der Waals surface area contributed by atoms with Crippen molar-refractivity contribution < 1.29 is 9.13 Å². The minimum atomic E-state index is -0.224. The average molecular weight is 271 g/mol. The van der Waals surface area contributed by atoms with Crippen LogP contribution in [0.2, 0.25) is 0 Å². The Morgan fingerprint density at radius 2 is 2.00 bits per heavy atom. The van der Waals surface area contributed by atoms with Gasteiger partial charge < -0.3 is 10.1 Å². The second-order valence-electron chi connectivity index (χ2n) is 5.81. The quantitative estimate of drug-likeness (QED) is 0.905. The van der Waals surface area contributed by atoms with Gasteiger partial charge in [0.15, 0.2) is 0 Å². The Labute approximate surface area is 118 Å². The first-order valence-corrected chi connectivity index (χ1v) is 6.83. The lowest BCUT2D eigenvalue weighted by Gasteiger charge is -2.16. The molecule has 0 saturated heterocycles. The van der Waals surface area contributed by atoms with Gasteiger partial charge in [-0.3, -0.25) is 0 Å². The lowest BCUT2D eigenvalue weighted by Crippen LogP contribution is -2.24. The number of rotatable bonds is 3. The number of benzene rings is 2. The number of para-hydroxylation sites is 1. The molecule has 1 aliphatic rings. The molecule has 0 aliphatic carbocycles. The van der Waals surface area contributed by atoms with Crippen LogP contribution in [-0.4, -0.2) is 5.60 Å². The van der Waals surface area contributed by atoms with Crippen LogP contribution < -0.4 is 10.1 Å². The van der Waals surface area contributed by atoms with Crippen LogP contribution in [0.3, 0.4) is 0 Å². The minimum absolute atomic E-state index is 0.125. The molecule has 1 heterocycles. The maximum Gasteiger partial charge on any atom is 0.146 e. The summed E-state index contributed by atoms with van der Waals surface area (Å²) in [6.07, 6.45) is 0.913. The highest BCUT2D eigenvalue weighted by atomic mass is 19.1. The second-order valence-corrected chi connectivity index (χ2v) is 5.81. The van der Waals surface area contributed by atoms with Crippen LogP contribution in [0.4, 0.5) is 10.1 Å². The third kappa shape index (κ3) is 2.62. The summed E-state index contributed by atoms with van der Waals surface area (Å²) in [7, 11) is 0. The Bertz CT molecular complexity index is 637. The van der Waals surface area contributed by atoms with Crippen molar-refractivity contribution in [2.75, 3.05) is 5.32 Å². The zero-order valence-corrected chi connectivity index (χ0v) is 11.7. The van der Waals surface area contributed by atoms with Crippen LogP contribution in [-0.2, 0) is 13.0 Å². The standard InChI is InChI=1S/C17H18FNO/c1-17(2)10-13-9-12(7-8-16(13)20-17)11-19-15-6-4-3-5-14(15)18/h3-9,19H,10-11H2,1-2H3. The van der Waals surface area contributed by atoms with Gasteiger partial charge in [-0.1, -0.05) is 24.3 Å². The molecule has 20 heavy (non-hydrogen) atoms. The summed E-state index contributed by atoms with van der Waals surface area (Å²) in [4.78, 5) is 0. The number of fused-ring (bicyclic) bond motifs is 1. The van der Waals surface area contributed by atoms with Crippen molar-refractivity contribution in [2.45, 2.75) is 32.4 Å². The lowest BCUT2D eigenvalue weighted by atomic mass is 10.0. The molecule has 0 radical (unpaired) electrons. The van der Waals surface area contributed by atoms with Crippen molar-refractivity contribution in [3.63, 3.8) is 0 Å². The predicted molar refractivity (Wildman–Crippen MR) is 78.6 cm³/mol. The van der Waals surface area contributed by atoms with Crippen molar-refractivity contribution >= 4 is 5.69 Å².